The highest BCUT2D eigenvalue weighted by molar-refractivity contribution is 7.12. The first kappa shape index (κ1) is 23.4. The number of ether oxygens (including phenoxy) is 1. The lowest BCUT2D eigenvalue weighted by atomic mass is 9.88. The van der Waals surface area contributed by atoms with Gasteiger partial charge in [0, 0.05) is 0 Å². The van der Waals surface area contributed by atoms with Crippen molar-refractivity contribution in [2.45, 2.75) is 54.4 Å². The maximum Gasteiger partial charge on any atom is 0.348 e. The number of esters is 1. The molecular weight excluding hydrogens is 380 g/mol. The van der Waals surface area contributed by atoms with Crippen molar-refractivity contribution < 1.29 is 19.4 Å². The number of methoxy groups -OCH3 is 1. The van der Waals surface area contributed by atoms with E-state index in [4.69, 9.17) is 9.84 Å². The molecule has 2 aromatic rings. The molecule has 0 radical (unpaired) electrons. The highest BCUT2D eigenvalue weighted by Gasteiger charge is 2.19. The molecule has 0 aromatic carbocycles. The second-order valence-corrected chi connectivity index (χ2v) is 10.7. The van der Waals surface area contributed by atoms with Crippen LogP contribution in [0.3, 0.4) is 0 Å². The molecule has 6 heteroatoms. The molecule has 0 aliphatic heterocycles. The monoisotopic (exact) mass is 410 g/mol. The third-order valence-electron chi connectivity index (χ3n) is 3.50. The van der Waals surface area contributed by atoms with Gasteiger partial charge in [-0.05, 0) is 57.7 Å². The predicted molar refractivity (Wildman–Crippen MR) is 113 cm³/mol. The van der Waals surface area contributed by atoms with E-state index in [1.165, 1.54) is 29.8 Å². The van der Waals surface area contributed by atoms with E-state index in [9.17, 15) is 9.59 Å². The molecule has 2 rings (SSSR count). The second kappa shape index (κ2) is 9.51. The summed E-state index contributed by atoms with van der Waals surface area (Å²) >= 11 is 2.75. The summed E-state index contributed by atoms with van der Waals surface area (Å²) < 4.78 is 4.72. The molecule has 0 saturated carbocycles. The van der Waals surface area contributed by atoms with Crippen LogP contribution in [0.2, 0.25) is 0 Å². The number of rotatable bonds is 4. The van der Waals surface area contributed by atoms with Gasteiger partial charge in [-0.2, -0.15) is 0 Å². The van der Waals surface area contributed by atoms with Crippen LogP contribution < -0.4 is 0 Å². The summed E-state index contributed by atoms with van der Waals surface area (Å²) in [5.41, 5.74) is 2.38. The average Bonchev–Trinajstić information content (AvgIpc) is 3.13. The lowest BCUT2D eigenvalue weighted by molar-refractivity contribution is 0.0603. The van der Waals surface area contributed by atoms with Gasteiger partial charge in [0.2, 0.25) is 0 Å². The molecule has 0 fully saturated rings. The van der Waals surface area contributed by atoms with Crippen molar-refractivity contribution in [1.29, 1.82) is 0 Å². The summed E-state index contributed by atoms with van der Waals surface area (Å²) in [7, 11) is 1.42. The van der Waals surface area contributed by atoms with E-state index in [2.05, 4.69) is 41.5 Å². The molecule has 2 aromatic heterocycles. The van der Waals surface area contributed by atoms with Gasteiger partial charge in [0.15, 0.2) is 0 Å². The molecule has 2 heterocycles. The SMILES string of the molecule is CC(C)(C)Cc1ccsc1C(=O)O.COC(=O)c1sccc1CC(C)(C)C. The molecule has 150 valence electrons. The van der Waals surface area contributed by atoms with Gasteiger partial charge in [-0.25, -0.2) is 9.59 Å². The lowest BCUT2D eigenvalue weighted by Crippen LogP contribution is -2.11. The summed E-state index contributed by atoms with van der Waals surface area (Å²) in [5.74, 6) is -1.03. The number of aromatic carboxylic acids is 1. The molecule has 0 atom stereocenters. The third-order valence-corrected chi connectivity index (χ3v) is 5.38. The molecule has 0 spiro atoms. The Hall–Kier alpha value is -1.66. The van der Waals surface area contributed by atoms with E-state index in [1.54, 1.807) is 0 Å². The van der Waals surface area contributed by atoms with E-state index in [-0.39, 0.29) is 16.8 Å². The number of thiophene rings is 2. The quantitative estimate of drug-likeness (QED) is 0.613. The first-order valence-electron chi connectivity index (χ1n) is 8.78. The van der Waals surface area contributed by atoms with Gasteiger partial charge in [-0.15, -0.1) is 22.7 Å². The van der Waals surface area contributed by atoms with E-state index >= 15 is 0 Å². The van der Waals surface area contributed by atoms with E-state index in [0.717, 1.165) is 28.8 Å². The van der Waals surface area contributed by atoms with Crippen LogP contribution in [0.25, 0.3) is 0 Å². The molecule has 0 saturated heterocycles. The van der Waals surface area contributed by atoms with Crippen molar-refractivity contribution >= 4 is 34.6 Å². The zero-order valence-electron chi connectivity index (χ0n) is 17.2. The Morgan fingerprint density at radius 3 is 1.67 bits per heavy atom. The van der Waals surface area contributed by atoms with Crippen LogP contribution in [-0.4, -0.2) is 24.2 Å². The van der Waals surface area contributed by atoms with Crippen LogP contribution in [0, 0.1) is 10.8 Å². The van der Waals surface area contributed by atoms with Crippen molar-refractivity contribution in [1.82, 2.24) is 0 Å². The molecule has 0 aliphatic rings. The number of hydrogen-bond acceptors (Lipinski definition) is 5. The smallest absolute Gasteiger partial charge is 0.348 e. The number of carbonyl (C=O) groups excluding carboxylic acids is 1. The van der Waals surface area contributed by atoms with Gasteiger partial charge in [0.1, 0.15) is 9.75 Å². The minimum atomic E-state index is -0.811. The average molecular weight is 411 g/mol. The van der Waals surface area contributed by atoms with Crippen LogP contribution in [0.1, 0.15) is 72.0 Å². The number of carbonyl (C=O) groups is 2. The second-order valence-electron chi connectivity index (χ2n) is 8.82. The van der Waals surface area contributed by atoms with Crippen molar-refractivity contribution in [3.63, 3.8) is 0 Å². The van der Waals surface area contributed by atoms with Crippen molar-refractivity contribution in [2.24, 2.45) is 10.8 Å². The van der Waals surface area contributed by atoms with Crippen LogP contribution in [0.5, 0.6) is 0 Å². The summed E-state index contributed by atoms with van der Waals surface area (Å²) in [4.78, 5) is 23.4. The Morgan fingerprint density at radius 2 is 1.30 bits per heavy atom. The molecule has 27 heavy (non-hydrogen) atoms. The number of hydrogen-bond donors (Lipinski definition) is 1. The number of carboxylic acid groups (broad SMARTS) is 1. The molecule has 0 bridgehead atoms. The van der Waals surface area contributed by atoms with Gasteiger partial charge in [-0.1, -0.05) is 41.5 Å². The Balaban J connectivity index is 0.000000271. The van der Waals surface area contributed by atoms with Crippen LogP contribution >= 0.6 is 22.7 Å². The van der Waals surface area contributed by atoms with Crippen molar-refractivity contribution in [3.05, 3.63) is 43.8 Å². The Morgan fingerprint density at radius 1 is 0.889 bits per heavy atom. The van der Waals surface area contributed by atoms with Gasteiger partial charge in [-0.3, -0.25) is 0 Å². The molecule has 4 nitrogen and oxygen atoms in total. The zero-order valence-corrected chi connectivity index (χ0v) is 18.8. The van der Waals surface area contributed by atoms with Gasteiger partial charge >= 0.3 is 11.9 Å². The van der Waals surface area contributed by atoms with E-state index in [1.807, 2.05) is 22.9 Å². The first-order chi connectivity index (χ1) is 12.3. The van der Waals surface area contributed by atoms with Gasteiger partial charge < -0.3 is 9.84 Å². The topological polar surface area (TPSA) is 63.6 Å². The fourth-order valence-electron chi connectivity index (χ4n) is 2.55. The van der Waals surface area contributed by atoms with Gasteiger partial charge in [0.05, 0.1) is 7.11 Å². The molecular formula is C21H30O4S2. The van der Waals surface area contributed by atoms with E-state index in [0.29, 0.717) is 4.88 Å². The Bertz CT molecular complexity index is 758. The zero-order chi connectivity index (χ0) is 20.8. The standard InChI is InChI=1S/C11H16O2S.C10H14O2S/c1-11(2,3)7-8-5-6-14-9(8)10(12)13-4;1-10(2,3)6-7-4-5-13-8(7)9(11)12/h5-6H,7H2,1-4H3;4-5H,6H2,1-3H3,(H,11,12). The van der Waals surface area contributed by atoms with E-state index < -0.39 is 5.97 Å². The van der Waals surface area contributed by atoms with Crippen LogP contribution in [-0.2, 0) is 17.6 Å². The first-order valence-corrected chi connectivity index (χ1v) is 10.5. The van der Waals surface area contributed by atoms with Crippen LogP contribution in [0.15, 0.2) is 22.9 Å². The van der Waals surface area contributed by atoms with Crippen LogP contribution in [0.4, 0.5) is 0 Å². The highest BCUT2D eigenvalue weighted by atomic mass is 32.1. The lowest BCUT2D eigenvalue weighted by Gasteiger charge is -2.17. The minimum absolute atomic E-state index is 0.144. The maximum atomic E-state index is 11.4. The Labute approximate surface area is 170 Å². The summed E-state index contributed by atoms with van der Waals surface area (Å²) in [6.45, 7) is 12.8. The Kier molecular flexibility index (Phi) is 8.23. The highest BCUT2D eigenvalue weighted by Crippen LogP contribution is 2.27. The molecule has 0 aliphatic carbocycles. The number of carboxylic acids is 1. The predicted octanol–water partition coefficient (Wildman–Crippen LogP) is 6.16. The summed E-state index contributed by atoms with van der Waals surface area (Å²) in [5, 5.41) is 12.6. The largest absolute Gasteiger partial charge is 0.477 e. The fourth-order valence-corrected chi connectivity index (χ4v) is 4.15. The normalized spacial score (nSPS) is 11.5. The van der Waals surface area contributed by atoms with Crippen molar-refractivity contribution in [2.75, 3.05) is 7.11 Å². The fraction of sp³-hybridized carbons (Fsp3) is 0.524. The van der Waals surface area contributed by atoms with Gasteiger partial charge in [0.25, 0.3) is 0 Å². The molecule has 1 N–H and O–H groups in total. The summed E-state index contributed by atoms with van der Waals surface area (Å²) in [6, 6.07) is 3.90. The van der Waals surface area contributed by atoms with Crippen molar-refractivity contribution in [3.8, 4) is 0 Å². The third kappa shape index (κ3) is 8.26. The molecule has 0 unspecified atom stereocenters. The minimum Gasteiger partial charge on any atom is -0.477 e. The maximum absolute atomic E-state index is 11.4. The summed E-state index contributed by atoms with van der Waals surface area (Å²) in [6.07, 6.45) is 1.72. The molecule has 0 amide bonds.